The molecule has 0 spiro atoms. The van der Waals surface area contributed by atoms with Gasteiger partial charge in [-0.25, -0.2) is 13.6 Å². The zero-order chi connectivity index (χ0) is 19.8. The summed E-state index contributed by atoms with van der Waals surface area (Å²) in [6, 6.07) is 5.75. The second kappa shape index (κ2) is 7.12. The van der Waals surface area contributed by atoms with Crippen LogP contribution in [0.1, 0.15) is 43.9 Å². The number of hydrogen-bond donors (Lipinski definition) is 1. The number of primary sulfonamides is 1. The normalized spacial score (nSPS) is 15.7. The molecule has 1 aromatic heterocycles. The van der Waals surface area contributed by atoms with E-state index in [0.29, 0.717) is 18.4 Å². The molecule has 0 unspecified atom stereocenters. The smallest absolute Gasteiger partial charge is 0.260 e. The number of sulfonamides is 1. The van der Waals surface area contributed by atoms with Crippen molar-refractivity contribution in [1.29, 1.82) is 0 Å². The van der Waals surface area contributed by atoms with E-state index in [1.165, 1.54) is 18.2 Å². The summed E-state index contributed by atoms with van der Waals surface area (Å²) < 4.78 is 66.5. The number of rotatable bonds is 4. The molecule has 0 radical (unpaired) electrons. The number of halogens is 3. The molecule has 1 aromatic carbocycles. The molecule has 1 aliphatic rings. The number of aromatic nitrogens is 2. The standard InChI is InChI=1S/C18H20F3N3O2S/c1-2-24-17(18(19,20)21)15(12-8-4-3-5-9-12)16(23-24)13-10-6-7-11-14(13)27(22,25)26/h6-8,10-11H,2-5,9H2,1H3,(H2,22,25,26). The van der Waals surface area contributed by atoms with Crippen molar-refractivity contribution in [2.45, 2.75) is 50.2 Å². The lowest BCUT2D eigenvalue weighted by Crippen LogP contribution is -2.16. The van der Waals surface area contributed by atoms with Crippen LogP contribution in [0.25, 0.3) is 16.8 Å². The second-order valence-corrected chi connectivity index (χ2v) is 7.93. The molecule has 146 valence electrons. The second-order valence-electron chi connectivity index (χ2n) is 6.40. The molecular formula is C18H20F3N3O2S. The highest BCUT2D eigenvalue weighted by molar-refractivity contribution is 7.89. The van der Waals surface area contributed by atoms with Crippen LogP contribution in [0, 0.1) is 0 Å². The van der Waals surface area contributed by atoms with E-state index in [9.17, 15) is 21.6 Å². The van der Waals surface area contributed by atoms with E-state index < -0.39 is 21.9 Å². The molecule has 5 nitrogen and oxygen atoms in total. The Morgan fingerprint density at radius 1 is 1.22 bits per heavy atom. The van der Waals surface area contributed by atoms with Gasteiger partial charge in [0.2, 0.25) is 10.0 Å². The van der Waals surface area contributed by atoms with Gasteiger partial charge < -0.3 is 0 Å². The van der Waals surface area contributed by atoms with Gasteiger partial charge in [0.1, 0.15) is 5.69 Å². The third-order valence-corrected chi connectivity index (χ3v) is 5.55. The summed E-state index contributed by atoms with van der Waals surface area (Å²) in [5, 5.41) is 9.44. The highest BCUT2D eigenvalue weighted by Gasteiger charge is 2.41. The average molecular weight is 399 g/mol. The van der Waals surface area contributed by atoms with Crippen molar-refractivity contribution in [1.82, 2.24) is 9.78 Å². The molecule has 0 amide bonds. The van der Waals surface area contributed by atoms with E-state index in [-0.39, 0.29) is 28.3 Å². The van der Waals surface area contributed by atoms with Crippen LogP contribution in [0.3, 0.4) is 0 Å². The van der Waals surface area contributed by atoms with E-state index >= 15 is 0 Å². The lowest BCUT2D eigenvalue weighted by Gasteiger charge is -2.17. The number of alkyl halides is 3. The van der Waals surface area contributed by atoms with Crippen molar-refractivity contribution >= 4 is 15.6 Å². The highest BCUT2D eigenvalue weighted by Crippen LogP contribution is 2.43. The van der Waals surface area contributed by atoms with Gasteiger partial charge >= 0.3 is 6.18 Å². The first kappa shape index (κ1) is 19.6. The molecule has 0 aliphatic heterocycles. The molecule has 1 aliphatic carbocycles. The first-order valence-electron chi connectivity index (χ1n) is 8.64. The van der Waals surface area contributed by atoms with Crippen LogP contribution in [0.2, 0.25) is 0 Å². The monoisotopic (exact) mass is 399 g/mol. The van der Waals surface area contributed by atoms with Gasteiger partial charge in [0, 0.05) is 17.7 Å². The molecule has 0 saturated carbocycles. The van der Waals surface area contributed by atoms with Crippen molar-refractivity contribution < 1.29 is 21.6 Å². The van der Waals surface area contributed by atoms with E-state index in [1.54, 1.807) is 19.1 Å². The number of aryl methyl sites for hydroxylation is 1. The highest BCUT2D eigenvalue weighted by atomic mass is 32.2. The van der Waals surface area contributed by atoms with E-state index in [0.717, 1.165) is 17.5 Å². The van der Waals surface area contributed by atoms with Gasteiger partial charge in [-0.05, 0) is 44.2 Å². The minimum absolute atomic E-state index is 0.00181. The Labute approximate surface area is 155 Å². The fourth-order valence-corrected chi connectivity index (χ4v) is 4.19. The molecular weight excluding hydrogens is 379 g/mol. The molecule has 3 rings (SSSR count). The van der Waals surface area contributed by atoms with Gasteiger partial charge in [0.25, 0.3) is 0 Å². The maximum absolute atomic E-state index is 13.9. The van der Waals surface area contributed by atoms with Gasteiger partial charge in [0.05, 0.1) is 4.90 Å². The Morgan fingerprint density at radius 3 is 2.48 bits per heavy atom. The van der Waals surface area contributed by atoms with Gasteiger partial charge in [-0.2, -0.15) is 18.3 Å². The fourth-order valence-electron chi connectivity index (χ4n) is 3.45. The molecule has 0 bridgehead atoms. The molecule has 0 fully saturated rings. The van der Waals surface area contributed by atoms with Crippen LogP contribution in [0.15, 0.2) is 35.2 Å². The van der Waals surface area contributed by atoms with Crippen molar-refractivity contribution in [2.75, 3.05) is 0 Å². The Bertz CT molecular complexity index is 992. The summed E-state index contributed by atoms with van der Waals surface area (Å²) in [4.78, 5) is -0.239. The van der Waals surface area contributed by atoms with Gasteiger partial charge in [0.15, 0.2) is 5.69 Å². The quantitative estimate of drug-likeness (QED) is 0.837. The summed E-state index contributed by atoms with van der Waals surface area (Å²) in [6.45, 7) is 1.57. The Morgan fingerprint density at radius 2 is 1.93 bits per heavy atom. The zero-order valence-electron chi connectivity index (χ0n) is 14.8. The van der Waals surface area contributed by atoms with E-state index in [4.69, 9.17) is 5.14 Å². The van der Waals surface area contributed by atoms with Crippen molar-refractivity contribution in [3.05, 3.63) is 41.6 Å². The minimum atomic E-state index is -4.62. The third kappa shape index (κ3) is 3.79. The molecule has 2 aromatic rings. The van der Waals surface area contributed by atoms with Crippen molar-refractivity contribution in [3.63, 3.8) is 0 Å². The van der Waals surface area contributed by atoms with E-state index in [1.807, 2.05) is 0 Å². The topological polar surface area (TPSA) is 78.0 Å². The Hall–Kier alpha value is -2.13. The van der Waals surface area contributed by atoms with Crippen LogP contribution < -0.4 is 5.14 Å². The Balaban J connectivity index is 2.39. The maximum atomic E-state index is 13.9. The van der Waals surface area contributed by atoms with E-state index in [2.05, 4.69) is 5.10 Å². The maximum Gasteiger partial charge on any atom is 0.433 e. The summed E-state index contributed by atoms with van der Waals surface area (Å²) >= 11 is 0. The number of hydrogen-bond acceptors (Lipinski definition) is 3. The molecule has 9 heteroatoms. The average Bonchev–Trinajstić information content (AvgIpc) is 3.01. The first-order valence-corrected chi connectivity index (χ1v) is 10.2. The van der Waals surface area contributed by atoms with Crippen LogP contribution in [0.5, 0.6) is 0 Å². The number of nitrogens with two attached hydrogens (primary N) is 1. The number of allylic oxidation sites excluding steroid dienone is 2. The first-order chi connectivity index (χ1) is 12.6. The minimum Gasteiger partial charge on any atom is -0.260 e. The lowest BCUT2D eigenvalue weighted by molar-refractivity contribution is -0.144. The molecule has 2 N–H and O–H groups in total. The van der Waals surface area contributed by atoms with Crippen LogP contribution in [-0.4, -0.2) is 18.2 Å². The summed E-state index contributed by atoms with van der Waals surface area (Å²) in [5.41, 5.74) is -0.258. The van der Waals surface area contributed by atoms with Crippen LogP contribution >= 0.6 is 0 Å². The van der Waals surface area contributed by atoms with Crippen LogP contribution in [0.4, 0.5) is 13.2 Å². The molecule has 1 heterocycles. The third-order valence-electron chi connectivity index (χ3n) is 4.58. The predicted molar refractivity (Wildman–Crippen MR) is 96.2 cm³/mol. The largest absolute Gasteiger partial charge is 0.433 e. The number of nitrogens with zero attached hydrogens (tertiary/aromatic N) is 2. The summed E-state index contributed by atoms with van der Waals surface area (Å²) in [6.07, 6.45) is 0.0278. The SMILES string of the molecule is CCn1nc(-c2ccccc2S(N)(=O)=O)c(C2=CCCCC2)c1C(F)(F)F. The predicted octanol–water partition coefficient (Wildman–Crippen LogP) is 4.19. The van der Waals surface area contributed by atoms with Gasteiger partial charge in [-0.1, -0.05) is 24.3 Å². The van der Waals surface area contributed by atoms with Crippen molar-refractivity contribution in [3.8, 4) is 11.3 Å². The summed E-state index contributed by atoms with van der Waals surface area (Å²) in [5.74, 6) is 0. The molecule has 27 heavy (non-hydrogen) atoms. The summed E-state index contributed by atoms with van der Waals surface area (Å²) in [7, 11) is -4.12. The molecule has 0 saturated heterocycles. The molecule has 0 atom stereocenters. The van der Waals surface area contributed by atoms with Crippen molar-refractivity contribution in [2.24, 2.45) is 5.14 Å². The number of benzene rings is 1. The van der Waals surface area contributed by atoms with Gasteiger partial charge in [-0.3, -0.25) is 4.68 Å². The van der Waals surface area contributed by atoms with Gasteiger partial charge in [-0.15, -0.1) is 0 Å². The lowest BCUT2D eigenvalue weighted by atomic mass is 9.90. The fraction of sp³-hybridized carbons (Fsp3) is 0.389. The Kier molecular flexibility index (Phi) is 5.18. The zero-order valence-corrected chi connectivity index (χ0v) is 15.6. The van der Waals surface area contributed by atoms with Crippen LogP contribution in [-0.2, 0) is 22.7 Å².